The van der Waals surface area contributed by atoms with Crippen molar-refractivity contribution in [2.24, 2.45) is 0 Å². The van der Waals surface area contributed by atoms with Gasteiger partial charge in [-0.2, -0.15) is 0 Å². The first-order chi connectivity index (χ1) is 14.1. The number of nitrogen functional groups attached to an aromatic ring is 1. The minimum Gasteiger partial charge on any atom is -0.491 e. The van der Waals surface area contributed by atoms with E-state index in [0.717, 1.165) is 10.8 Å². The number of hydrogen-bond acceptors (Lipinski definition) is 8. The van der Waals surface area contributed by atoms with Crippen LogP contribution in [-0.2, 0) is 4.74 Å². The van der Waals surface area contributed by atoms with Gasteiger partial charge in [-0.05, 0) is 30.3 Å². The molecule has 0 aliphatic carbocycles. The molecule has 1 aliphatic rings. The summed E-state index contributed by atoms with van der Waals surface area (Å²) in [5.41, 5.74) is 7.07. The molecule has 1 fully saturated rings. The number of nitrogens with zero attached hydrogens (tertiary/aromatic N) is 4. The average molecular weight is 393 g/mol. The number of aromatic nitrogens is 4. The van der Waals surface area contributed by atoms with Crippen LogP contribution >= 0.6 is 0 Å². The van der Waals surface area contributed by atoms with E-state index in [1.807, 2.05) is 24.3 Å². The largest absolute Gasteiger partial charge is 0.491 e. The Bertz CT molecular complexity index is 1180. The third-order valence-electron chi connectivity index (χ3n) is 5.09. The van der Waals surface area contributed by atoms with Crippen molar-refractivity contribution in [3.8, 4) is 5.75 Å². The summed E-state index contributed by atoms with van der Waals surface area (Å²) in [6.45, 7) is 0.0662. The number of hydrogen-bond donors (Lipinski definition) is 3. The molecule has 3 aromatic heterocycles. The minimum absolute atomic E-state index is 0.0662. The fourth-order valence-corrected chi connectivity index (χ4v) is 3.58. The summed E-state index contributed by atoms with van der Waals surface area (Å²) in [6, 6.07) is 10.9. The van der Waals surface area contributed by atoms with Crippen molar-refractivity contribution < 1.29 is 19.7 Å². The summed E-state index contributed by atoms with van der Waals surface area (Å²) >= 11 is 0. The maximum absolute atomic E-state index is 10.5. The Kier molecular flexibility index (Phi) is 4.27. The molecule has 4 atom stereocenters. The van der Waals surface area contributed by atoms with Gasteiger partial charge in [-0.25, -0.2) is 15.0 Å². The molecule has 0 radical (unpaired) electrons. The average Bonchev–Trinajstić information content (AvgIpc) is 3.28. The van der Waals surface area contributed by atoms with E-state index in [4.69, 9.17) is 15.2 Å². The minimum atomic E-state index is -1.12. The molecule has 9 heteroatoms. The van der Waals surface area contributed by atoms with Crippen molar-refractivity contribution in [1.82, 2.24) is 19.5 Å². The number of rotatable bonds is 4. The highest BCUT2D eigenvalue weighted by Crippen LogP contribution is 2.32. The third kappa shape index (κ3) is 3.15. The summed E-state index contributed by atoms with van der Waals surface area (Å²) in [7, 11) is 0. The van der Waals surface area contributed by atoms with Crippen LogP contribution in [0.25, 0.3) is 21.9 Å². The first-order valence-corrected chi connectivity index (χ1v) is 9.17. The van der Waals surface area contributed by atoms with Crippen LogP contribution in [0.2, 0.25) is 0 Å². The van der Waals surface area contributed by atoms with Crippen LogP contribution in [0.4, 0.5) is 5.82 Å². The molecule has 29 heavy (non-hydrogen) atoms. The van der Waals surface area contributed by atoms with E-state index in [1.165, 1.54) is 6.33 Å². The predicted octanol–water partition coefficient (Wildman–Crippen LogP) is 1.26. The van der Waals surface area contributed by atoms with Crippen LogP contribution in [0.5, 0.6) is 5.75 Å². The van der Waals surface area contributed by atoms with Gasteiger partial charge < -0.3 is 30.0 Å². The summed E-state index contributed by atoms with van der Waals surface area (Å²) < 4.78 is 13.4. The van der Waals surface area contributed by atoms with Gasteiger partial charge >= 0.3 is 0 Å². The first-order valence-electron chi connectivity index (χ1n) is 9.17. The maximum Gasteiger partial charge on any atom is 0.164 e. The normalized spacial score (nSPS) is 24.3. The maximum atomic E-state index is 10.5. The van der Waals surface area contributed by atoms with Crippen molar-refractivity contribution >= 4 is 27.8 Å². The lowest BCUT2D eigenvalue weighted by atomic mass is 10.1. The monoisotopic (exact) mass is 393 g/mol. The zero-order chi connectivity index (χ0) is 20.0. The molecule has 0 spiro atoms. The standard InChI is InChI=1S/C20H19N5O4/c21-16-4-2-11-1-3-13(7-14(11)24-16)28-9-15-17(26)18(27)20(29-15)25-6-5-12-8-22-10-23-19(12)25/h1-8,10,15,17-18,20,26-27H,9H2,(H2,21,24)/t15-,17-,18-,20-/m1/s1. The zero-order valence-electron chi connectivity index (χ0n) is 15.3. The number of ether oxygens (including phenoxy) is 2. The van der Waals surface area contributed by atoms with E-state index in [-0.39, 0.29) is 6.61 Å². The smallest absolute Gasteiger partial charge is 0.164 e. The second-order valence-electron chi connectivity index (χ2n) is 6.97. The Hall–Kier alpha value is -3.27. The topological polar surface area (TPSA) is 129 Å². The van der Waals surface area contributed by atoms with Gasteiger partial charge in [-0.3, -0.25) is 0 Å². The van der Waals surface area contributed by atoms with Crippen LogP contribution in [0.1, 0.15) is 6.23 Å². The highest BCUT2D eigenvalue weighted by molar-refractivity contribution is 5.81. The van der Waals surface area contributed by atoms with Gasteiger partial charge in [-0.1, -0.05) is 0 Å². The second-order valence-corrected chi connectivity index (χ2v) is 6.97. The van der Waals surface area contributed by atoms with Gasteiger partial charge in [0.15, 0.2) is 6.23 Å². The molecular weight excluding hydrogens is 374 g/mol. The summed E-state index contributed by atoms with van der Waals surface area (Å²) in [4.78, 5) is 12.5. The van der Waals surface area contributed by atoms with Gasteiger partial charge in [-0.15, -0.1) is 0 Å². The lowest BCUT2D eigenvalue weighted by Gasteiger charge is -2.17. The lowest BCUT2D eigenvalue weighted by molar-refractivity contribution is -0.0471. The van der Waals surface area contributed by atoms with Gasteiger partial charge in [0.25, 0.3) is 0 Å². The molecule has 0 bridgehead atoms. The van der Waals surface area contributed by atoms with Gasteiger partial charge in [0.05, 0.1) is 5.52 Å². The molecule has 1 aromatic carbocycles. The van der Waals surface area contributed by atoms with Gasteiger partial charge in [0, 0.05) is 29.2 Å². The molecule has 0 saturated carbocycles. The Morgan fingerprint density at radius 1 is 1.10 bits per heavy atom. The molecule has 1 aliphatic heterocycles. The highest BCUT2D eigenvalue weighted by atomic mass is 16.6. The summed E-state index contributed by atoms with van der Waals surface area (Å²) in [5, 5.41) is 22.7. The molecule has 9 nitrogen and oxygen atoms in total. The Morgan fingerprint density at radius 3 is 2.86 bits per heavy atom. The summed E-state index contributed by atoms with van der Waals surface area (Å²) in [5.74, 6) is 1.00. The fraction of sp³-hybridized carbons (Fsp3) is 0.250. The molecule has 0 unspecified atom stereocenters. The van der Waals surface area contributed by atoms with Crippen molar-refractivity contribution in [1.29, 1.82) is 0 Å². The predicted molar refractivity (Wildman–Crippen MR) is 105 cm³/mol. The summed E-state index contributed by atoms with van der Waals surface area (Å²) in [6.07, 6.45) is 1.15. The van der Waals surface area contributed by atoms with E-state index >= 15 is 0 Å². The van der Waals surface area contributed by atoms with Crippen LogP contribution in [-0.4, -0.2) is 54.7 Å². The Labute approximate surface area is 165 Å². The van der Waals surface area contributed by atoms with E-state index in [9.17, 15) is 10.2 Å². The van der Waals surface area contributed by atoms with Crippen molar-refractivity contribution in [2.75, 3.05) is 12.3 Å². The van der Waals surface area contributed by atoms with Gasteiger partial charge in [0.2, 0.25) is 0 Å². The molecule has 148 valence electrons. The van der Waals surface area contributed by atoms with Crippen LogP contribution < -0.4 is 10.5 Å². The van der Waals surface area contributed by atoms with E-state index in [2.05, 4.69) is 15.0 Å². The number of fused-ring (bicyclic) bond motifs is 2. The van der Waals surface area contributed by atoms with E-state index in [1.54, 1.807) is 29.1 Å². The van der Waals surface area contributed by atoms with Crippen LogP contribution in [0.3, 0.4) is 0 Å². The van der Waals surface area contributed by atoms with Crippen LogP contribution in [0.15, 0.2) is 55.1 Å². The number of anilines is 1. The van der Waals surface area contributed by atoms with Gasteiger partial charge in [0.1, 0.15) is 48.5 Å². The quantitative estimate of drug-likeness (QED) is 0.473. The van der Waals surface area contributed by atoms with Crippen molar-refractivity contribution in [3.05, 3.63) is 55.1 Å². The Morgan fingerprint density at radius 2 is 1.97 bits per heavy atom. The lowest BCUT2D eigenvalue weighted by Crippen LogP contribution is -2.34. The molecule has 4 N–H and O–H groups in total. The zero-order valence-corrected chi connectivity index (χ0v) is 15.3. The molecule has 5 rings (SSSR count). The number of nitrogens with two attached hydrogens (primary N) is 1. The van der Waals surface area contributed by atoms with E-state index in [0.29, 0.717) is 22.7 Å². The Balaban J connectivity index is 1.33. The van der Waals surface area contributed by atoms with E-state index < -0.39 is 24.5 Å². The third-order valence-corrected chi connectivity index (χ3v) is 5.09. The molecular formula is C20H19N5O4. The number of pyridine rings is 1. The molecule has 4 heterocycles. The molecule has 4 aromatic rings. The van der Waals surface area contributed by atoms with Crippen molar-refractivity contribution in [3.63, 3.8) is 0 Å². The SMILES string of the molecule is Nc1ccc2ccc(OC[C@H]3O[C@@H](n4ccc5cncnc54)[C@H](O)[C@@H]3O)cc2n1. The highest BCUT2D eigenvalue weighted by Gasteiger charge is 2.44. The van der Waals surface area contributed by atoms with Crippen molar-refractivity contribution in [2.45, 2.75) is 24.5 Å². The number of benzene rings is 1. The first kappa shape index (κ1) is 17.8. The molecule has 1 saturated heterocycles. The van der Waals surface area contributed by atoms with Crippen LogP contribution in [0, 0.1) is 0 Å². The second kappa shape index (κ2) is 6.96. The molecule has 0 amide bonds. The number of aliphatic hydroxyl groups excluding tert-OH is 2. The fourth-order valence-electron chi connectivity index (χ4n) is 3.58. The number of aliphatic hydroxyl groups is 2.